The average molecular weight is 265 g/mol. The number of methoxy groups -OCH3 is 1. The topological polar surface area (TPSA) is 56.6 Å². The lowest BCUT2D eigenvalue weighted by Crippen LogP contribution is -2.66. The van der Waals surface area contributed by atoms with Crippen LogP contribution in [0.15, 0.2) is 12.4 Å². The van der Waals surface area contributed by atoms with Gasteiger partial charge in [-0.3, -0.25) is 9.48 Å². The molecule has 6 nitrogen and oxygen atoms in total. The molecule has 0 radical (unpaired) electrons. The third kappa shape index (κ3) is 2.04. The first-order valence-corrected chi connectivity index (χ1v) is 6.55. The van der Waals surface area contributed by atoms with E-state index >= 15 is 0 Å². The molecule has 2 aliphatic rings. The highest BCUT2D eigenvalue weighted by molar-refractivity contribution is 5.94. The Labute approximate surface area is 112 Å². The maximum Gasteiger partial charge on any atom is 0.257 e. The summed E-state index contributed by atoms with van der Waals surface area (Å²) < 4.78 is 12.8. The largest absolute Gasteiger partial charge is 0.384 e. The van der Waals surface area contributed by atoms with Gasteiger partial charge in [-0.25, -0.2) is 0 Å². The molecule has 0 unspecified atom stereocenters. The van der Waals surface area contributed by atoms with E-state index in [4.69, 9.17) is 9.47 Å². The molecular formula is C13H19N3O3. The van der Waals surface area contributed by atoms with Gasteiger partial charge >= 0.3 is 0 Å². The van der Waals surface area contributed by atoms with Crippen molar-refractivity contribution in [1.82, 2.24) is 14.7 Å². The Morgan fingerprint density at radius 1 is 1.63 bits per heavy atom. The number of carbonyl (C=O) groups is 1. The molecule has 1 spiro atoms. The van der Waals surface area contributed by atoms with E-state index < -0.39 is 0 Å². The molecule has 0 N–H and O–H groups in total. The van der Waals surface area contributed by atoms with E-state index in [1.54, 1.807) is 24.2 Å². The quantitative estimate of drug-likeness (QED) is 0.788. The summed E-state index contributed by atoms with van der Waals surface area (Å²) in [5.74, 6) is 0.431. The number of likely N-dealkylation sites (tertiary alicyclic amines) is 1. The molecule has 0 aliphatic carbocycles. The minimum absolute atomic E-state index is 0.0328. The molecule has 104 valence electrons. The lowest BCUT2D eigenvalue weighted by Gasteiger charge is -2.50. The van der Waals surface area contributed by atoms with Gasteiger partial charge in [0, 0.05) is 32.9 Å². The molecule has 0 aromatic carbocycles. The van der Waals surface area contributed by atoms with E-state index in [1.807, 2.05) is 11.9 Å². The van der Waals surface area contributed by atoms with Crippen LogP contribution in [-0.2, 0) is 16.5 Å². The molecule has 2 aliphatic heterocycles. The van der Waals surface area contributed by atoms with E-state index in [2.05, 4.69) is 5.10 Å². The van der Waals surface area contributed by atoms with Crippen molar-refractivity contribution in [3.8, 4) is 0 Å². The lowest BCUT2D eigenvalue weighted by molar-refractivity contribution is -0.125. The normalized spacial score (nSPS) is 24.7. The van der Waals surface area contributed by atoms with Gasteiger partial charge in [-0.1, -0.05) is 0 Å². The molecule has 2 saturated heterocycles. The first-order chi connectivity index (χ1) is 9.14. The number of rotatable bonds is 3. The highest BCUT2D eigenvalue weighted by atomic mass is 16.5. The van der Waals surface area contributed by atoms with Gasteiger partial charge in [0.1, 0.15) is 5.60 Å². The Balaban J connectivity index is 1.64. The zero-order valence-corrected chi connectivity index (χ0v) is 11.3. The SMILES string of the molecule is COC[C@H]1CCOC12CN(C(=O)c1cnn(C)c1)C2. The van der Waals surface area contributed by atoms with E-state index in [-0.39, 0.29) is 11.5 Å². The molecule has 1 atom stereocenters. The summed E-state index contributed by atoms with van der Waals surface area (Å²) in [6.45, 7) is 2.79. The summed E-state index contributed by atoms with van der Waals surface area (Å²) in [6, 6.07) is 0. The summed E-state index contributed by atoms with van der Waals surface area (Å²) >= 11 is 0. The Bertz CT molecular complexity index is 479. The van der Waals surface area contributed by atoms with Crippen LogP contribution in [-0.4, -0.2) is 59.6 Å². The molecule has 1 aromatic rings. The van der Waals surface area contributed by atoms with Gasteiger partial charge in [0.05, 0.1) is 31.5 Å². The fraction of sp³-hybridized carbons (Fsp3) is 0.692. The number of ether oxygens (including phenoxy) is 2. The van der Waals surface area contributed by atoms with Crippen molar-refractivity contribution >= 4 is 5.91 Å². The van der Waals surface area contributed by atoms with Crippen LogP contribution >= 0.6 is 0 Å². The molecule has 6 heteroatoms. The molecule has 0 bridgehead atoms. The van der Waals surface area contributed by atoms with Crippen LogP contribution in [0, 0.1) is 5.92 Å². The van der Waals surface area contributed by atoms with Crippen molar-refractivity contribution in [2.24, 2.45) is 13.0 Å². The molecule has 3 heterocycles. The second-order valence-corrected chi connectivity index (χ2v) is 5.42. The van der Waals surface area contributed by atoms with Crippen LogP contribution < -0.4 is 0 Å². The van der Waals surface area contributed by atoms with Crippen LogP contribution in [0.1, 0.15) is 16.8 Å². The smallest absolute Gasteiger partial charge is 0.257 e. The van der Waals surface area contributed by atoms with E-state index in [1.165, 1.54) is 0 Å². The van der Waals surface area contributed by atoms with Crippen molar-refractivity contribution in [3.05, 3.63) is 18.0 Å². The standard InChI is InChI=1S/C13H19N3O3/c1-15-6-10(5-14-15)12(17)16-8-13(9-16)11(7-18-2)3-4-19-13/h5-6,11H,3-4,7-9H2,1-2H3/t11-/m1/s1. The number of hydrogen-bond donors (Lipinski definition) is 0. The number of hydrogen-bond acceptors (Lipinski definition) is 4. The Morgan fingerprint density at radius 2 is 2.42 bits per heavy atom. The van der Waals surface area contributed by atoms with Crippen molar-refractivity contribution < 1.29 is 14.3 Å². The van der Waals surface area contributed by atoms with Crippen molar-refractivity contribution in [2.75, 3.05) is 33.4 Å². The van der Waals surface area contributed by atoms with Gasteiger partial charge in [0.2, 0.25) is 0 Å². The van der Waals surface area contributed by atoms with Crippen LogP contribution in [0.4, 0.5) is 0 Å². The highest BCUT2D eigenvalue weighted by Crippen LogP contribution is 2.40. The fourth-order valence-corrected chi connectivity index (χ4v) is 3.03. The molecule has 3 rings (SSSR count). The van der Waals surface area contributed by atoms with Gasteiger partial charge in [-0.05, 0) is 6.42 Å². The number of aryl methyl sites for hydroxylation is 1. The first kappa shape index (κ1) is 12.6. The van der Waals surface area contributed by atoms with Gasteiger partial charge in [-0.2, -0.15) is 5.10 Å². The minimum Gasteiger partial charge on any atom is -0.384 e. The Morgan fingerprint density at radius 3 is 3.05 bits per heavy atom. The molecule has 2 fully saturated rings. The van der Waals surface area contributed by atoms with Crippen LogP contribution in [0.3, 0.4) is 0 Å². The van der Waals surface area contributed by atoms with Gasteiger partial charge in [-0.15, -0.1) is 0 Å². The molecule has 1 amide bonds. The van der Waals surface area contributed by atoms with Crippen molar-refractivity contribution in [1.29, 1.82) is 0 Å². The monoisotopic (exact) mass is 265 g/mol. The third-order valence-corrected chi connectivity index (χ3v) is 4.12. The Kier molecular flexibility index (Phi) is 3.06. The summed E-state index contributed by atoms with van der Waals surface area (Å²) in [4.78, 5) is 14.1. The fourth-order valence-electron chi connectivity index (χ4n) is 3.03. The van der Waals surface area contributed by atoms with Gasteiger partial charge < -0.3 is 14.4 Å². The summed E-state index contributed by atoms with van der Waals surface area (Å²) in [6.07, 6.45) is 4.37. The second-order valence-electron chi connectivity index (χ2n) is 5.42. The van der Waals surface area contributed by atoms with E-state index in [0.717, 1.165) is 13.0 Å². The van der Waals surface area contributed by atoms with Crippen LogP contribution in [0.5, 0.6) is 0 Å². The predicted octanol–water partition coefficient (Wildman–Crippen LogP) is 0.298. The van der Waals surface area contributed by atoms with Gasteiger partial charge in [0.25, 0.3) is 5.91 Å². The maximum absolute atomic E-state index is 12.2. The second kappa shape index (κ2) is 4.61. The van der Waals surface area contributed by atoms with Gasteiger partial charge in [0.15, 0.2) is 0 Å². The number of nitrogens with zero attached hydrogens (tertiary/aromatic N) is 3. The summed E-state index contributed by atoms with van der Waals surface area (Å²) in [5.41, 5.74) is 0.465. The zero-order valence-electron chi connectivity index (χ0n) is 11.3. The van der Waals surface area contributed by atoms with Crippen LogP contribution in [0.25, 0.3) is 0 Å². The van der Waals surface area contributed by atoms with Crippen molar-refractivity contribution in [3.63, 3.8) is 0 Å². The highest BCUT2D eigenvalue weighted by Gasteiger charge is 2.54. The minimum atomic E-state index is -0.173. The van der Waals surface area contributed by atoms with Crippen LogP contribution in [0.2, 0.25) is 0 Å². The van der Waals surface area contributed by atoms with Crippen molar-refractivity contribution in [2.45, 2.75) is 12.0 Å². The van der Waals surface area contributed by atoms with E-state index in [0.29, 0.717) is 31.2 Å². The number of aromatic nitrogens is 2. The molecule has 19 heavy (non-hydrogen) atoms. The predicted molar refractivity (Wildman–Crippen MR) is 67.8 cm³/mol. The third-order valence-electron chi connectivity index (χ3n) is 4.12. The molecular weight excluding hydrogens is 246 g/mol. The molecule has 1 aromatic heterocycles. The summed E-state index contributed by atoms with van der Waals surface area (Å²) in [5, 5.41) is 4.03. The zero-order chi connectivity index (χ0) is 13.5. The lowest BCUT2D eigenvalue weighted by atomic mass is 9.81. The Hall–Kier alpha value is -1.40. The summed E-state index contributed by atoms with van der Waals surface area (Å²) in [7, 11) is 3.52. The number of amides is 1. The molecule has 0 saturated carbocycles. The number of carbonyl (C=O) groups excluding carboxylic acids is 1. The maximum atomic E-state index is 12.2. The first-order valence-electron chi connectivity index (χ1n) is 6.55. The van der Waals surface area contributed by atoms with E-state index in [9.17, 15) is 4.79 Å². The average Bonchev–Trinajstić information content (AvgIpc) is 2.93.